The molecule has 3 aromatic rings. The van der Waals surface area contributed by atoms with Crippen LogP contribution in [0, 0.1) is 5.92 Å². The van der Waals surface area contributed by atoms with Crippen molar-refractivity contribution in [3.05, 3.63) is 58.8 Å². The van der Waals surface area contributed by atoms with Gasteiger partial charge in [-0.2, -0.15) is 0 Å². The molecule has 0 bridgehead atoms. The summed E-state index contributed by atoms with van der Waals surface area (Å²) in [5.74, 6) is 0.664. The molecule has 4 nitrogen and oxygen atoms in total. The summed E-state index contributed by atoms with van der Waals surface area (Å²) >= 11 is 0. The molecule has 1 amide bonds. The van der Waals surface area contributed by atoms with Crippen molar-refractivity contribution >= 4 is 27.7 Å². The van der Waals surface area contributed by atoms with Crippen molar-refractivity contribution < 1.29 is 4.79 Å². The van der Waals surface area contributed by atoms with E-state index in [0.29, 0.717) is 16.7 Å². The van der Waals surface area contributed by atoms with E-state index in [-0.39, 0.29) is 23.9 Å². The number of pyridine rings is 1. The Kier molecular flexibility index (Phi) is 3.83. The Morgan fingerprint density at radius 1 is 1.00 bits per heavy atom. The summed E-state index contributed by atoms with van der Waals surface area (Å²) in [6.45, 7) is 5.38. The molecule has 0 unspecified atom stereocenters. The van der Waals surface area contributed by atoms with Crippen LogP contribution in [0.5, 0.6) is 0 Å². The summed E-state index contributed by atoms with van der Waals surface area (Å²) in [4.78, 5) is 27.7. The van der Waals surface area contributed by atoms with Gasteiger partial charge in [-0.3, -0.25) is 9.59 Å². The first-order valence-corrected chi connectivity index (χ1v) is 8.86. The highest BCUT2D eigenvalue weighted by molar-refractivity contribution is 5.94. The highest BCUT2D eigenvalue weighted by Crippen LogP contribution is 2.24. The number of hydrogen-bond donors (Lipinski definition) is 0. The zero-order chi connectivity index (χ0) is 17.6. The van der Waals surface area contributed by atoms with Crippen molar-refractivity contribution in [1.29, 1.82) is 0 Å². The molecule has 1 aliphatic rings. The number of rotatable bonds is 2. The van der Waals surface area contributed by atoms with Gasteiger partial charge in [-0.25, -0.2) is 0 Å². The van der Waals surface area contributed by atoms with E-state index in [1.54, 1.807) is 0 Å². The summed E-state index contributed by atoms with van der Waals surface area (Å²) in [5, 5.41) is 1.33. The summed E-state index contributed by atoms with van der Waals surface area (Å²) in [5.41, 5.74) is 1.66. The minimum absolute atomic E-state index is 0.0260. The minimum atomic E-state index is 0.0260. The maximum Gasteiger partial charge on any atom is 0.242 e. The van der Waals surface area contributed by atoms with Crippen LogP contribution < -0.4 is 5.43 Å². The van der Waals surface area contributed by atoms with Crippen LogP contribution in [0.2, 0.25) is 0 Å². The molecule has 0 N–H and O–H groups in total. The van der Waals surface area contributed by atoms with Gasteiger partial charge >= 0.3 is 0 Å². The summed E-state index contributed by atoms with van der Waals surface area (Å²) in [6.07, 6.45) is 1.05. The first-order chi connectivity index (χ1) is 12.1. The SMILES string of the molecule is C[C@@H]1C[C@@H](C)N(C(=O)Cn2c3ccccc3c(=O)c3ccccc32)C1. The van der Waals surface area contributed by atoms with Crippen LogP contribution in [0.4, 0.5) is 0 Å². The first kappa shape index (κ1) is 15.9. The van der Waals surface area contributed by atoms with E-state index in [9.17, 15) is 9.59 Å². The molecule has 2 heterocycles. The van der Waals surface area contributed by atoms with Gasteiger partial charge < -0.3 is 9.47 Å². The van der Waals surface area contributed by atoms with Gasteiger partial charge in [-0.05, 0) is 43.5 Å². The number of para-hydroxylation sites is 2. The van der Waals surface area contributed by atoms with Crippen molar-refractivity contribution in [2.45, 2.75) is 32.9 Å². The number of aromatic nitrogens is 1. The highest BCUT2D eigenvalue weighted by Gasteiger charge is 2.30. The highest BCUT2D eigenvalue weighted by atomic mass is 16.2. The number of hydrogen-bond acceptors (Lipinski definition) is 2. The van der Waals surface area contributed by atoms with Crippen LogP contribution in [0.25, 0.3) is 21.8 Å². The molecule has 2 atom stereocenters. The van der Waals surface area contributed by atoms with Gasteiger partial charge in [-0.1, -0.05) is 31.2 Å². The average Bonchev–Trinajstić information content (AvgIpc) is 2.97. The third kappa shape index (κ3) is 2.62. The Labute approximate surface area is 146 Å². The molecule has 4 heteroatoms. The van der Waals surface area contributed by atoms with Gasteiger partial charge in [0.15, 0.2) is 5.43 Å². The summed E-state index contributed by atoms with van der Waals surface area (Å²) < 4.78 is 1.99. The Balaban J connectivity index is 1.87. The Bertz CT molecular complexity index is 961. The van der Waals surface area contributed by atoms with E-state index >= 15 is 0 Å². The lowest BCUT2D eigenvalue weighted by atomic mass is 10.1. The molecule has 1 aromatic heterocycles. The summed E-state index contributed by atoms with van der Waals surface area (Å²) in [7, 11) is 0. The van der Waals surface area contributed by atoms with E-state index in [2.05, 4.69) is 13.8 Å². The van der Waals surface area contributed by atoms with E-state index < -0.39 is 0 Å². The van der Waals surface area contributed by atoms with Gasteiger partial charge in [0.05, 0.1) is 11.0 Å². The lowest BCUT2D eigenvalue weighted by Crippen LogP contribution is -2.36. The van der Waals surface area contributed by atoms with Crippen molar-refractivity contribution in [2.75, 3.05) is 6.54 Å². The molecule has 1 fully saturated rings. The van der Waals surface area contributed by atoms with E-state index in [1.165, 1.54) is 0 Å². The molecular weight excluding hydrogens is 312 g/mol. The fourth-order valence-corrected chi connectivity index (χ4v) is 4.12. The van der Waals surface area contributed by atoms with Crippen molar-refractivity contribution in [1.82, 2.24) is 9.47 Å². The topological polar surface area (TPSA) is 42.3 Å². The molecule has 0 spiro atoms. The number of fused-ring (bicyclic) bond motifs is 2. The van der Waals surface area contributed by atoms with Gasteiger partial charge in [0.25, 0.3) is 0 Å². The monoisotopic (exact) mass is 334 g/mol. The first-order valence-electron chi connectivity index (χ1n) is 8.86. The molecule has 4 rings (SSSR count). The smallest absolute Gasteiger partial charge is 0.242 e. The molecular formula is C21H22N2O2. The van der Waals surface area contributed by atoms with Gasteiger partial charge in [0, 0.05) is 23.4 Å². The second-order valence-corrected chi connectivity index (χ2v) is 7.19. The zero-order valence-electron chi connectivity index (χ0n) is 14.6. The second kappa shape index (κ2) is 6.03. The Morgan fingerprint density at radius 2 is 1.56 bits per heavy atom. The van der Waals surface area contributed by atoms with E-state index in [4.69, 9.17) is 0 Å². The van der Waals surface area contributed by atoms with Crippen LogP contribution in [0.1, 0.15) is 20.3 Å². The lowest BCUT2D eigenvalue weighted by Gasteiger charge is -2.23. The second-order valence-electron chi connectivity index (χ2n) is 7.19. The quantitative estimate of drug-likeness (QED) is 0.674. The number of nitrogens with zero attached hydrogens (tertiary/aromatic N) is 2. The predicted molar refractivity (Wildman–Crippen MR) is 101 cm³/mol. The molecule has 0 saturated carbocycles. The fraction of sp³-hybridized carbons (Fsp3) is 0.333. The largest absolute Gasteiger partial charge is 0.338 e. The number of amides is 1. The van der Waals surface area contributed by atoms with E-state index in [1.807, 2.05) is 58.0 Å². The maximum absolute atomic E-state index is 13.0. The molecule has 128 valence electrons. The van der Waals surface area contributed by atoms with Crippen molar-refractivity contribution in [2.24, 2.45) is 5.92 Å². The van der Waals surface area contributed by atoms with Crippen LogP contribution >= 0.6 is 0 Å². The van der Waals surface area contributed by atoms with Gasteiger partial charge in [0.1, 0.15) is 6.54 Å². The zero-order valence-corrected chi connectivity index (χ0v) is 14.6. The molecule has 1 saturated heterocycles. The molecule has 2 aromatic carbocycles. The Hall–Kier alpha value is -2.62. The predicted octanol–water partition coefficient (Wildman–Crippen LogP) is 3.41. The van der Waals surface area contributed by atoms with E-state index in [0.717, 1.165) is 24.0 Å². The van der Waals surface area contributed by atoms with Crippen LogP contribution in [0.3, 0.4) is 0 Å². The summed E-state index contributed by atoms with van der Waals surface area (Å²) in [6, 6.07) is 15.4. The molecule has 0 aliphatic carbocycles. The molecule has 1 aliphatic heterocycles. The number of likely N-dealkylation sites (tertiary alicyclic amines) is 1. The lowest BCUT2D eigenvalue weighted by molar-refractivity contribution is -0.132. The average molecular weight is 334 g/mol. The number of benzene rings is 2. The Morgan fingerprint density at radius 3 is 2.08 bits per heavy atom. The third-order valence-corrected chi connectivity index (χ3v) is 5.28. The van der Waals surface area contributed by atoms with Crippen molar-refractivity contribution in [3.63, 3.8) is 0 Å². The number of carbonyl (C=O) groups is 1. The van der Waals surface area contributed by atoms with Crippen molar-refractivity contribution in [3.8, 4) is 0 Å². The van der Waals surface area contributed by atoms with Crippen LogP contribution in [-0.4, -0.2) is 28.0 Å². The molecule has 0 radical (unpaired) electrons. The van der Waals surface area contributed by atoms with Gasteiger partial charge in [-0.15, -0.1) is 0 Å². The van der Waals surface area contributed by atoms with Crippen LogP contribution in [-0.2, 0) is 11.3 Å². The van der Waals surface area contributed by atoms with Crippen LogP contribution in [0.15, 0.2) is 53.3 Å². The third-order valence-electron chi connectivity index (χ3n) is 5.28. The molecule has 25 heavy (non-hydrogen) atoms. The van der Waals surface area contributed by atoms with Gasteiger partial charge in [0.2, 0.25) is 5.91 Å². The number of carbonyl (C=O) groups excluding carboxylic acids is 1. The normalized spacial score (nSPS) is 20.5. The minimum Gasteiger partial charge on any atom is -0.338 e. The fourth-order valence-electron chi connectivity index (χ4n) is 4.12. The standard InChI is InChI=1S/C21H22N2O2/c1-14-11-15(2)22(12-14)20(24)13-23-18-9-5-3-7-16(18)21(25)17-8-4-6-10-19(17)23/h3-10,14-15H,11-13H2,1-2H3/t14-,15-/m1/s1. The maximum atomic E-state index is 13.0.